The first kappa shape index (κ1) is 13.6. The van der Waals surface area contributed by atoms with Gasteiger partial charge in [0.1, 0.15) is 0 Å². The highest BCUT2D eigenvalue weighted by molar-refractivity contribution is 6.31. The maximum atomic E-state index is 6.15. The van der Waals surface area contributed by atoms with E-state index in [4.69, 9.17) is 11.6 Å². The average Bonchev–Trinajstić information content (AvgIpc) is 2.30. The lowest BCUT2D eigenvalue weighted by Gasteiger charge is -2.39. The topological polar surface area (TPSA) is 41.1 Å². The molecule has 1 N–H and O–H groups in total. The minimum atomic E-state index is 0.447. The second-order valence-electron chi connectivity index (χ2n) is 5.18. The van der Waals surface area contributed by atoms with Crippen molar-refractivity contribution in [2.75, 3.05) is 5.43 Å². The van der Waals surface area contributed by atoms with Crippen LogP contribution in [0.5, 0.6) is 0 Å². The smallest absolute Gasteiger partial charge is 0.178 e. The van der Waals surface area contributed by atoms with Crippen molar-refractivity contribution in [1.82, 2.24) is 15.0 Å². The van der Waals surface area contributed by atoms with Crippen LogP contribution >= 0.6 is 11.6 Å². The van der Waals surface area contributed by atoms with E-state index in [0.717, 1.165) is 11.4 Å². The lowest BCUT2D eigenvalue weighted by atomic mass is 10.00. The first-order chi connectivity index (χ1) is 8.49. The molecule has 2 atom stereocenters. The van der Waals surface area contributed by atoms with Crippen molar-refractivity contribution in [1.29, 1.82) is 0 Å². The number of hydrazine groups is 1. The van der Waals surface area contributed by atoms with Crippen LogP contribution in [0.15, 0.2) is 0 Å². The molecule has 100 valence electrons. The summed E-state index contributed by atoms with van der Waals surface area (Å²) in [4.78, 5) is 8.79. The molecule has 1 fully saturated rings. The molecule has 2 rings (SSSR count). The van der Waals surface area contributed by atoms with Crippen molar-refractivity contribution in [3.8, 4) is 0 Å². The summed E-state index contributed by atoms with van der Waals surface area (Å²) in [7, 11) is 0. The molecule has 1 aliphatic rings. The second kappa shape index (κ2) is 5.41. The zero-order chi connectivity index (χ0) is 13.3. The monoisotopic (exact) mass is 268 g/mol. The molecule has 0 saturated carbocycles. The molecule has 5 heteroatoms. The SMILES string of the molecule is Cc1nc(Cl)c(NN2C(C)CCCC2C)nc1C. The minimum Gasteiger partial charge on any atom is -0.300 e. The van der Waals surface area contributed by atoms with Crippen molar-refractivity contribution >= 4 is 17.4 Å². The van der Waals surface area contributed by atoms with Crippen LogP contribution in [0.4, 0.5) is 5.82 Å². The molecule has 2 unspecified atom stereocenters. The van der Waals surface area contributed by atoms with Crippen LogP contribution in [-0.2, 0) is 0 Å². The Morgan fingerprint density at radius 2 is 1.67 bits per heavy atom. The van der Waals surface area contributed by atoms with Crippen molar-refractivity contribution < 1.29 is 0 Å². The van der Waals surface area contributed by atoms with E-state index in [1.807, 2.05) is 13.8 Å². The second-order valence-corrected chi connectivity index (χ2v) is 5.54. The van der Waals surface area contributed by atoms with E-state index in [9.17, 15) is 0 Å². The molecule has 1 aliphatic heterocycles. The summed E-state index contributed by atoms with van der Waals surface area (Å²) in [6, 6.07) is 0.987. The molecule has 1 aromatic rings. The highest BCUT2D eigenvalue weighted by Crippen LogP contribution is 2.25. The lowest BCUT2D eigenvalue weighted by Crippen LogP contribution is -2.47. The van der Waals surface area contributed by atoms with Gasteiger partial charge in [0.05, 0.1) is 11.4 Å². The number of nitrogens with zero attached hydrogens (tertiary/aromatic N) is 3. The third kappa shape index (κ3) is 2.75. The number of anilines is 1. The van der Waals surface area contributed by atoms with Gasteiger partial charge in [-0.3, -0.25) is 0 Å². The molecule has 4 nitrogen and oxygen atoms in total. The van der Waals surface area contributed by atoms with Gasteiger partial charge in [-0.2, -0.15) is 0 Å². The Morgan fingerprint density at radius 1 is 1.11 bits per heavy atom. The van der Waals surface area contributed by atoms with Crippen molar-refractivity contribution in [2.45, 2.75) is 59.0 Å². The molecule has 1 saturated heterocycles. The zero-order valence-corrected chi connectivity index (χ0v) is 12.3. The molecular weight excluding hydrogens is 248 g/mol. The van der Waals surface area contributed by atoms with E-state index in [2.05, 4.69) is 34.3 Å². The van der Waals surface area contributed by atoms with Gasteiger partial charge < -0.3 is 5.43 Å². The van der Waals surface area contributed by atoms with E-state index >= 15 is 0 Å². The van der Waals surface area contributed by atoms with E-state index in [-0.39, 0.29) is 0 Å². The van der Waals surface area contributed by atoms with Gasteiger partial charge in [0.25, 0.3) is 0 Å². The number of nitrogens with one attached hydrogen (secondary N) is 1. The van der Waals surface area contributed by atoms with Crippen LogP contribution < -0.4 is 5.43 Å². The fourth-order valence-electron chi connectivity index (χ4n) is 2.41. The summed E-state index contributed by atoms with van der Waals surface area (Å²) in [5.74, 6) is 0.667. The third-order valence-corrected chi connectivity index (χ3v) is 3.96. The van der Waals surface area contributed by atoms with Gasteiger partial charge in [-0.25, -0.2) is 15.0 Å². The molecule has 0 spiro atoms. The fourth-order valence-corrected chi connectivity index (χ4v) is 2.62. The largest absolute Gasteiger partial charge is 0.300 e. The highest BCUT2D eigenvalue weighted by Gasteiger charge is 2.25. The summed E-state index contributed by atoms with van der Waals surface area (Å²) in [6.07, 6.45) is 3.69. The van der Waals surface area contributed by atoms with Crippen LogP contribution in [0.3, 0.4) is 0 Å². The predicted octanol–water partition coefficient (Wildman–Crippen LogP) is 3.34. The number of hydrogen-bond acceptors (Lipinski definition) is 4. The van der Waals surface area contributed by atoms with Crippen molar-refractivity contribution in [3.05, 3.63) is 16.5 Å². The van der Waals surface area contributed by atoms with Gasteiger partial charge in [0, 0.05) is 12.1 Å². The Morgan fingerprint density at radius 3 is 2.28 bits per heavy atom. The van der Waals surface area contributed by atoms with Crippen LogP contribution in [-0.4, -0.2) is 27.1 Å². The molecule has 0 aliphatic carbocycles. The van der Waals surface area contributed by atoms with Gasteiger partial charge >= 0.3 is 0 Å². The molecule has 0 bridgehead atoms. The summed E-state index contributed by atoms with van der Waals surface area (Å²) in [5, 5.41) is 2.69. The number of piperidine rings is 1. The summed E-state index contributed by atoms with van der Waals surface area (Å²) >= 11 is 6.15. The quantitative estimate of drug-likeness (QED) is 0.893. The van der Waals surface area contributed by atoms with E-state index in [1.165, 1.54) is 19.3 Å². The Labute approximate surface area is 114 Å². The number of hydrogen-bond donors (Lipinski definition) is 1. The molecule has 1 aromatic heterocycles. The van der Waals surface area contributed by atoms with E-state index in [1.54, 1.807) is 0 Å². The standard InChI is InChI=1S/C13H21ClN4/c1-8-6-5-7-9(2)18(8)17-13-12(14)15-10(3)11(4)16-13/h8-9H,5-7H2,1-4H3,(H,16,17). The molecule has 18 heavy (non-hydrogen) atoms. The van der Waals surface area contributed by atoms with Crippen LogP contribution in [0.25, 0.3) is 0 Å². The number of aryl methyl sites for hydroxylation is 2. The van der Waals surface area contributed by atoms with E-state index < -0.39 is 0 Å². The number of halogens is 1. The summed E-state index contributed by atoms with van der Waals surface area (Å²) in [5.41, 5.74) is 5.14. The van der Waals surface area contributed by atoms with Gasteiger partial charge in [0.2, 0.25) is 0 Å². The third-order valence-electron chi connectivity index (χ3n) is 3.69. The first-order valence-electron chi connectivity index (χ1n) is 6.54. The lowest BCUT2D eigenvalue weighted by molar-refractivity contribution is 0.135. The zero-order valence-electron chi connectivity index (χ0n) is 11.5. The normalized spacial score (nSPS) is 25.2. The highest BCUT2D eigenvalue weighted by atomic mass is 35.5. The molecule has 0 amide bonds. The van der Waals surface area contributed by atoms with Crippen LogP contribution in [0.1, 0.15) is 44.5 Å². The van der Waals surface area contributed by atoms with Gasteiger partial charge in [-0.1, -0.05) is 18.0 Å². The molecule has 0 radical (unpaired) electrons. The van der Waals surface area contributed by atoms with Crippen LogP contribution in [0, 0.1) is 13.8 Å². The molecule has 2 heterocycles. The van der Waals surface area contributed by atoms with Gasteiger partial charge in [-0.15, -0.1) is 0 Å². The van der Waals surface area contributed by atoms with Crippen molar-refractivity contribution in [2.24, 2.45) is 0 Å². The molecule has 0 aromatic carbocycles. The number of rotatable bonds is 2. The first-order valence-corrected chi connectivity index (χ1v) is 6.92. The average molecular weight is 269 g/mol. The Hall–Kier alpha value is -0.870. The van der Waals surface area contributed by atoms with Gasteiger partial charge in [-0.05, 0) is 40.5 Å². The van der Waals surface area contributed by atoms with Crippen LogP contribution in [0.2, 0.25) is 5.15 Å². The molecular formula is C13H21ClN4. The summed E-state index contributed by atoms with van der Waals surface area (Å²) < 4.78 is 0. The van der Waals surface area contributed by atoms with Crippen molar-refractivity contribution in [3.63, 3.8) is 0 Å². The maximum absolute atomic E-state index is 6.15. The number of aromatic nitrogens is 2. The summed E-state index contributed by atoms with van der Waals surface area (Å²) in [6.45, 7) is 8.33. The van der Waals surface area contributed by atoms with E-state index in [0.29, 0.717) is 23.1 Å². The van der Waals surface area contributed by atoms with Gasteiger partial charge in [0.15, 0.2) is 11.0 Å². The maximum Gasteiger partial charge on any atom is 0.178 e. The fraction of sp³-hybridized carbons (Fsp3) is 0.692. The predicted molar refractivity (Wildman–Crippen MR) is 74.8 cm³/mol. The minimum absolute atomic E-state index is 0.447. The Kier molecular flexibility index (Phi) is 4.07. The Balaban J connectivity index is 2.20. The Bertz CT molecular complexity index is 425.